The predicted molar refractivity (Wildman–Crippen MR) is 234 cm³/mol. The molecular formula is C53H40N2. The number of hydrogen-bond donors (Lipinski definition) is 0. The number of para-hydroxylation sites is 2. The summed E-state index contributed by atoms with van der Waals surface area (Å²) in [5.74, 6) is 0. The molecule has 0 fully saturated rings. The fraction of sp³-hybridized carbons (Fsp3) is 0.0566. The van der Waals surface area contributed by atoms with Gasteiger partial charge in [0.15, 0.2) is 0 Å². The van der Waals surface area contributed by atoms with Crippen molar-refractivity contribution >= 4 is 51.0 Å². The lowest BCUT2D eigenvalue weighted by Crippen LogP contribution is -2.14. The molecule has 2 heteroatoms. The molecule has 1 aliphatic carbocycles. The Morgan fingerprint density at radius 2 is 0.945 bits per heavy atom. The average Bonchev–Trinajstić information content (AvgIpc) is 3.69. The van der Waals surface area contributed by atoms with Crippen molar-refractivity contribution in [3.05, 3.63) is 216 Å². The number of rotatable bonds is 7. The number of fused-ring (bicyclic) bond motifs is 6. The van der Waals surface area contributed by atoms with Crippen molar-refractivity contribution in [3.63, 3.8) is 0 Å². The van der Waals surface area contributed by atoms with Gasteiger partial charge in [0.1, 0.15) is 0 Å². The first-order valence-electron chi connectivity index (χ1n) is 19.1. The first-order valence-corrected chi connectivity index (χ1v) is 19.1. The maximum atomic E-state index is 2.42. The minimum Gasteiger partial charge on any atom is -0.310 e. The largest absolute Gasteiger partial charge is 0.310 e. The second kappa shape index (κ2) is 13.2. The van der Waals surface area contributed by atoms with Crippen molar-refractivity contribution in [3.8, 4) is 27.9 Å². The molecule has 1 aromatic heterocycles. The summed E-state index contributed by atoms with van der Waals surface area (Å²) in [4.78, 5) is 2.36. The molecule has 0 amide bonds. The molecule has 0 bridgehead atoms. The van der Waals surface area contributed by atoms with E-state index in [9.17, 15) is 0 Å². The molecule has 262 valence electrons. The van der Waals surface area contributed by atoms with Crippen LogP contribution in [0.4, 0.5) is 17.1 Å². The minimum atomic E-state index is -0.0540. The third-order valence-corrected chi connectivity index (χ3v) is 11.4. The minimum absolute atomic E-state index is 0.0540. The van der Waals surface area contributed by atoms with Crippen LogP contribution in [0.1, 0.15) is 36.1 Å². The molecule has 0 N–H and O–H groups in total. The van der Waals surface area contributed by atoms with E-state index in [1.165, 1.54) is 60.8 Å². The topological polar surface area (TPSA) is 8.17 Å². The summed E-state index contributed by atoms with van der Waals surface area (Å²) in [7, 11) is 0. The number of aromatic nitrogens is 1. The van der Waals surface area contributed by atoms with Crippen molar-refractivity contribution in [2.24, 2.45) is 0 Å². The average molecular weight is 705 g/mol. The van der Waals surface area contributed by atoms with Crippen LogP contribution in [0.15, 0.2) is 194 Å². The SMILES string of the molecule is CC1(C)c2ccccc2-c2ccc(-c3ccc4c(c3)c3cc(N(c5ccccc5)c5ccc(/C=C/c6ccccc6)cc5)ccc3n4-c3ccccc3)cc21. The van der Waals surface area contributed by atoms with Gasteiger partial charge in [0, 0.05) is 38.9 Å². The second-order valence-electron chi connectivity index (χ2n) is 15.0. The molecule has 0 radical (unpaired) electrons. The van der Waals surface area contributed by atoms with Gasteiger partial charge < -0.3 is 9.47 Å². The zero-order chi connectivity index (χ0) is 36.9. The fourth-order valence-corrected chi connectivity index (χ4v) is 8.58. The Balaban J connectivity index is 1.12. The summed E-state index contributed by atoms with van der Waals surface area (Å²) in [6, 6.07) is 70.6. The quantitative estimate of drug-likeness (QED) is 0.150. The molecule has 2 nitrogen and oxygen atoms in total. The Bertz CT molecular complexity index is 2860. The third-order valence-electron chi connectivity index (χ3n) is 11.4. The van der Waals surface area contributed by atoms with E-state index in [-0.39, 0.29) is 5.41 Å². The van der Waals surface area contributed by atoms with Crippen LogP contribution in [-0.4, -0.2) is 4.57 Å². The smallest absolute Gasteiger partial charge is 0.0542 e. The molecule has 0 atom stereocenters. The van der Waals surface area contributed by atoms with Gasteiger partial charge in [-0.25, -0.2) is 0 Å². The Morgan fingerprint density at radius 3 is 1.69 bits per heavy atom. The molecule has 8 aromatic carbocycles. The lowest BCUT2D eigenvalue weighted by molar-refractivity contribution is 0.660. The monoisotopic (exact) mass is 704 g/mol. The fourth-order valence-electron chi connectivity index (χ4n) is 8.58. The van der Waals surface area contributed by atoms with Crippen molar-refractivity contribution in [2.45, 2.75) is 19.3 Å². The Morgan fingerprint density at radius 1 is 0.418 bits per heavy atom. The van der Waals surface area contributed by atoms with E-state index in [0.29, 0.717) is 0 Å². The zero-order valence-electron chi connectivity index (χ0n) is 31.0. The highest BCUT2D eigenvalue weighted by Gasteiger charge is 2.35. The van der Waals surface area contributed by atoms with Gasteiger partial charge in [0.25, 0.3) is 0 Å². The Kier molecular flexibility index (Phi) is 7.85. The maximum Gasteiger partial charge on any atom is 0.0542 e. The first kappa shape index (κ1) is 32.7. The molecule has 0 unspecified atom stereocenters. The van der Waals surface area contributed by atoms with Crippen LogP contribution in [0, 0.1) is 0 Å². The van der Waals surface area contributed by atoms with Crippen molar-refractivity contribution < 1.29 is 0 Å². The highest BCUT2D eigenvalue weighted by Crippen LogP contribution is 2.50. The van der Waals surface area contributed by atoms with Gasteiger partial charge in [-0.15, -0.1) is 0 Å². The highest BCUT2D eigenvalue weighted by molar-refractivity contribution is 6.12. The van der Waals surface area contributed by atoms with Crippen LogP contribution in [0.5, 0.6) is 0 Å². The van der Waals surface area contributed by atoms with Gasteiger partial charge in [-0.05, 0) is 117 Å². The van der Waals surface area contributed by atoms with E-state index in [4.69, 9.17) is 0 Å². The van der Waals surface area contributed by atoms with Crippen LogP contribution in [0.25, 0.3) is 61.9 Å². The molecule has 0 spiro atoms. The van der Waals surface area contributed by atoms with Gasteiger partial charge in [0.05, 0.1) is 11.0 Å². The molecule has 1 heterocycles. The molecule has 55 heavy (non-hydrogen) atoms. The van der Waals surface area contributed by atoms with Crippen molar-refractivity contribution in [1.29, 1.82) is 0 Å². The van der Waals surface area contributed by atoms with Crippen molar-refractivity contribution in [2.75, 3.05) is 4.90 Å². The Hall–Kier alpha value is -6.90. The predicted octanol–water partition coefficient (Wildman–Crippen LogP) is 14.4. The summed E-state index contributed by atoms with van der Waals surface area (Å²) in [5.41, 5.74) is 17.1. The molecule has 0 saturated carbocycles. The maximum absolute atomic E-state index is 2.42. The van der Waals surface area contributed by atoms with Crippen LogP contribution >= 0.6 is 0 Å². The summed E-state index contributed by atoms with van der Waals surface area (Å²) in [6.45, 7) is 4.71. The number of nitrogens with zero attached hydrogens (tertiary/aromatic N) is 2. The van der Waals surface area contributed by atoms with E-state index >= 15 is 0 Å². The summed E-state index contributed by atoms with van der Waals surface area (Å²) in [6.07, 6.45) is 4.34. The van der Waals surface area contributed by atoms with Gasteiger partial charge in [-0.1, -0.05) is 147 Å². The van der Waals surface area contributed by atoms with Gasteiger partial charge in [-0.2, -0.15) is 0 Å². The van der Waals surface area contributed by atoms with Gasteiger partial charge >= 0.3 is 0 Å². The first-order chi connectivity index (χ1) is 27.0. The molecule has 0 aliphatic heterocycles. The lowest BCUT2D eigenvalue weighted by Gasteiger charge is -2.25. The lowest BCUT2D eigenvalue weighted by atomic mass is 9.81. The number of anilines is 3. The second-order valence-corrected chi connectivity index (χ2v) is 15.0. The summed E-state index contributed by atoms with van der Waals surface area (Å²) < 4.78 is 2.40. The normalized spacial score (nSPS) is 13.0. The number of benzene rings is 8. The molecular weight excluding hydrogens is 665 g/mol. The van der Waals surface area contributed by atoms with Gasteiger partial charge in [-0.3, -0.25) is 0 Å². The molecule has 0 saturated heterocycles. The van der Waals surface area contributed by atoms with E-state index in [0.717, 1.165) is 28.3 Å². The molecule has 10 rings (SSSR count). The van der Waals surface area contributed by atoms with E-state index in [2.05, 4.69) is 224 Å². The molecule has 9 aromatic rings. The van der Waals surface area contributed by atoms with Crippen LogP contribution in [0.3, 0.4) is 0 Å². The number of hydrogen-bond acceptors (Lipinski definition) is 1. The summed E-state index contributed by atoms with van der Waals surface area (Å²) >= 11 is 0. The van der Waals surface area contributed by atoms with Crippen LogP contribution in [-0.2, 0) is 5.41 Å². The summed E-state index contributed by atoms with van der Waals surface area (Å²) in [5, 5.41) is 2.45. The van der Waals surface area contributed by atoms with E-state index in [1.807, 2.05) is 6.07 Å². The van der Waals surface area contributed by atoms with Crippen LogP contribution < -0.4 is 4.90 Å². The Labute approximate surface area is 322 Å². The van der Waals surface area contributed by atoms with Crippen molar-refractivity contribution in [1.82, 2.24) is 4.57 Å². The van der Waals surface area contributed by atoms with E-state index < -0.39 is 0 Å². The van der Waals surface area contributed by atoms with Gasteiger partial charge in [0.2, 0.25) is 0 Å². The third kappa shape index (κ3) is 5.66. The highest BCUT2D eigenvalue weighted by atomic mass is 15.1. The standard InChI is InChI=1S/C53H40N2/c1-53(2)49-21-13-12-20-45(49)46-31-26-40(35-50(46)53)39-27-32-51-47(34-39)48-36-44(30-33-52(48)55(51)42-18-10-5-11-19-42)54(41-16-8-4-9-17-41)43-28-24-38(25-29-43)23-22-37-14-6-3-7-15-37/h3-36H,1-2H3/b23-22+. The molecule has 1 aliphatic rings. The zero-order valence-corrected chi connectivity index (χ0v) is 31.0. The van der Waals surface area contributed by atoms with E-state index in [1.54, 1.807) is 0 Å². The van der Waals surface area contributed by atoms with Crippen LogP contribution in [0.2, 0.25) is 0 Å².